The number of hydrogen-bond donors (Lipinski definition) is 0. The number of hydrogen-bond acceptors (Lipinski definition) is 1. The van der Waals surface area contributed by atoms with Crippen LogP contribution in [0.15, 0.2) is 138 Å². The Morgan fingerprint density at radius 2 is 1.12 bits per heavy atom. The highest BCUT2D eigenvalue weighted by atomic mass is 16.3. The zero-order valence-corrected chi connectivity index (χ0v) is 23.4. The molecule has 0 saturated heterocycles. The van der Waals surface area contributed by atoms with Gasteiger partial charge in [0.1, 0.15) is 11.2 Å². The van der Waals surface area contributed by atoms with Gasteiger partial charge in [0.15, 0.2) is 0 Å². The van der Waals surface area contributed by atoms with Crippen LogP contribution in [0.2, 0.25) is 0 Å². The van der Waals surface area contributed by atoms with E-state index in [9.17, 15) is 0 Å². The van der Waals surface area contributed by atoms with Crippen molar-refractivity contribution in [2.24, 2.45) is 0 Å². The Morgan fingerprint density at radius 1 is 0.524 bits per heavy atom. The van der Waals surface area contributed by atoms with Crippen molar-refractivity contribution in [2.75, 3.05) is 0 Å². The van der Waals surface area contributed by atoms with Crippen molar-refractivity contribution in [3.63, 3.8) is 0 Å². The van der Waals surface area contributed by atoms with Crippen LogP contribution in [0.25, 0.3) is 88.7 Å². The third kappa shape index (κ3) is 3.50. The third-order valence-electron chi connectivity index (χ3n) is 8.58. The maximum Gasteiger partial charge on any atom is 0.143 e. The minimum atomic E-state index is 0.903. The molecule has 0 unspecified atom stereocenters. The zero-order valence-electron chi connectivity index (χ0n) is 23.4. The summed E-state index contributed by atoms with van der Waals surface area (Å²) in [7, 11) is 0. The lowest BCUT2D eigenvalue weighted by Crippen LogP contribution is -2.29. The molecule has 0 fully saturated rings. The van der Waals surface area contributed by atoms with E-state index in [-0.39, 0.29) is 0 Å². The van der Waals surface area contributed by atoms with Crippen molar-refractivity contribution in [2.45, 2.75) is 6.92 Å². The van der Waals surface area contributed by atoms with Crippen LogP contribution in [0.5, 0.6) is 0 Å². The molecule has 0 amide bonds. The highest BCUT2D eigenvalue weighted by Crippen LogP contribution is 2.40. The Bertz CT molecular complexity index is 2490. The Labute approximate surface area is 244 Å². The SMILES string of the molecule is C=C/C=c1/c(-c2cccc3c2oc2ccccc23)c2ccccc2c(-c2cc3ccccc3c3ccccc23)/c1=C/C. The van der Waals surface area contributed by atoms with E-state index in [1.54, 1.807) is 0 Å². The van der Waals surface area contributed by atoms with E-state index in [0.717, 1.165) is 38.3 Å². The summed E-state index contributed by atoms with van der Waals surface area (Å²) >= 11 is 0. The fourth-order valence-electron chi connectivity index (χ4n) is 6.85. The van der Waals surface area contributed by atoms with Crippen LogP contribution in [-0.2, 0) is 0 Å². The third-order valence-corrected chi connectivity index (χ3v) is 8.58. The van der Waals surface area contributed by atoms with Gasteiger partial charge in [-0.15, -0.1) is 0 Å². The first-order chi connectivity index (χ1) is 20.8. The van der Waals surface area contributed by atoms with Gasteiger partial charge in [0.05, 0.1) is 0 Å². The second kappa shape index (κ2) is 9.61. The molecular formula is C41H28O. The van der Waals surface area contributed by atoms with E-state index in [0.29, 0.717) is 0 Å². The first-order valence-corrected chi connectivity index (χ1v) is 14.4. The Hall–Kier alpha value is -5.40. The van der Waals surface area contributed by atoms with Crippen LogP contribution in [0.1, 0.15) is 6.92 Å². The number of furan rings is 1. The van der Waals surface area contributed by atoms with Gasteiger partial charge in [-0.1, -0.05) is 134 Å². The normalized spacial score (nSPS) is 12.8. The summed E-state index contributed by atoms with van der Waals surface area (Å²) in [6.45, 7) is 6.29. The molecule has 1 heteroatoms. The summed E-state index contributed by atoms with van der Waals surface area (Å²) < 4.78 is 6.56. The van der Waals surface area contributed by atoms with Crippen LogP contribution < -0.4 is 10.4 Å². The quantitative estimate of drug-likeness (QED) is 0.205. The lowest BCUT2D eigenvalue weighted by atomic mass is 9.85. The van der Waals surface area contributed by atoms with E-state index in [2.05, 4.69) is 135 Å². The van der Waals surface area contributed by atoms with E-state index in [1.807, 2.05) is 18.2 Å². The molecule has 0 aliphatic rings. The van der Waals surface area contributed by atoms with E-state index >= 15 is 0 Å². The molecule has 198 valence electrons. The minimum absolute atomic E-state index is 0.903. The van der Waals surface area contributed by atoms with Crippen molar-refractivity contribution in [3.8, 4) is 22.3 Å². The standard InChI is InChI=1S/C41H28O/c1-3-14-32-27(4-2)39(37-25-26-15-5-6-16-28(26)29-17-7-8-18-30(29)37)33-20-9-10-21-34(33)40(32)36-23-13-22-35-31-19-11-12-24-38(31)42-41(35)36/h3-25H,1H2,2H3/b27-4+,32-14+. The van der Waals surface area contributed by atoms with Gasteiger partial charge in [-0.2, -0.15) is 0 Å². The second-order valence-electron chi connectivity index (χ2n) is 10.8. The Balaban J connectivity index is 1.59. The lowest BCUT2D eigenvalue weighted by molar-refractivity contribution is 0.670. The summed E-state index contributed by atoms with van der Waals surface area (Å²) in [6.07, 6.45) is 6.32. The van der Waals surface area contributed by atoms with Crippen LogP contribution in [0.3, 0.4) is 0 Å². The van der Waals surface area contributed by atoms with Gasteiger partial charge in [0.25, 0.3) is 0 Å². The molecule has 0 spiro atoms. The fourth-order valence-corrected chi connectivity index (χ4v) is 6.85. The predicted octanol–water partition coefficient (Wildman–Crippen LogP) is 10.1. The van der Waals surface area contributed by atoms with E-state index < -0.39 is 0 Å². The van der Waals surface area contributed by atoms with Crippen molar-refractivity contribution < 1.29 is 4.42 Å². The lowest BCUT2D eigenvalue weighted by Gasteiger charge is -2.18. The summed E-state index contributed by atoms with van der Waals surface area (Å²) in [4.78, 5) is 0. The molecule has 1 nitrogen and oxygen atoms in total. The number of allylic oxidation sites excluding steroid dienone is 1. The summed E-state index contributed by atoms with van der Waals surface area (Å²) in [5.41, 5.74) is 6.54. The highest BCUT2D eigenvalue weighted by Gasteiger charge is 2.20. The van der Waals surface area contributed by atoms with Crippen LogP contribution in [0, 0.1) is 0 Å². The van der Waals surface area contributed by atoms with Crippen molar-refractivity contribution in [1.29, 1.82) is 0 Å². The molecule has 0 atom stereocenters. The molecule has 0 aliphatic heterocycles. The topological polar surface area (TPSA) is 13.1 Å². The summed E-state index contributed by atoms with van der Waals surface area (Å²) in [5, 5.41) is 12.0. The largest absolute Gasteiger partial charge is 0.455 e. The molecule has 8 aromatic rings. The van der Waals surface area contributed by atoms with Gasteiger partial charge >= 0.3 is 0 Å². The molecule has 1 heterocycles. The highest BCUT2D eigenvalue weighted by molar-refractivity contribution is 6.19. The first kappa shape index (κ1) is 24.4. The fraction of sp³-hybridized carbons (Fsp3) is 0.0244. The van der Waals surface area contributed by atoms with Gasteiger partial charge in [0.2, 0.25) is 0 Å². The smallest absolute Gasteiger partial charge is 0.143 e. The summed E-state index contributed by atoms with van der Waals surface area (Å²) in [5.74, 6) is 0. The second-order valence-corrected chi connectivity index (χ2v) is 10.8. The molecule has 7 aromatic carbocycles. The number of fused-ring (bicyclic) bond motifs is 7. The average Bonchev–Trinajstić information content (AvgIpc) is 3.43. The molecule has 42 heavy (non-hydrogen) atoms. The van der Waals surface area contributed by atoms with Gasteiger partial charge in [-0.3, -0.25) is 0 Å². The molecule has 1 aromatic heterocycles. The van der Waals surface area contributed by atoms with Gasteiger partial charge in [0, 0.05) is 21.9 Å². The molecule has 0 N–H and O–H groups in total. The van der Waals surface area contributed by atoms with Gasteiger partial charge < -0.3 is 4.42 Å². The number of rotatable bonds is 3. The van der Waals surface area contributed by atoms with Crippen molar-refractivity contribution in [1.82, 2.24) is 0 Å². The first-order valence-electron chi connectivity index (χ1n) is 14.4. The average molecular weight is 537 g/mol. The van der Waals surface area contributed by atoms with Crippen LogP contribution in [0.4, 0.5) is 0 Å². The molecule has 0 radical (unpaired) electrons. The molecule has 0 aliphatic carbocycles. The van der Waals surface area contributed by atoms with E-state index in [1.165, 1.54) is 48.7 Å². The molecule has 8 rings (SSSR count). The Kier molecular flexibility index (Phi) is 5.58. The Morgan fingerprint density at radius 3 is 1.86 bits per heavy atom. The number of benzene rings is 7. The monoisotopic (exact) mass is 536 g/mol. The van der Waals surface area contributed by atoms with Crippen molar-refractivity contribution >= 4 is 66.4 Å². The molecule has 0 bridgehead atoms. The maximum absolute atomic E-state index is 6.56. The van der Waals surface area contributed by atoms with E-state index in [4.69, 9.17) is 4.42 Å². The minimum Gasteiger partial charge on any atom is -0.455 e. The van der Waals surface area contributed by atoms with Crippen LogP contribution in [-0.4, -0.2) is 0 Å². The van der Waals surface area contributed by atoms with Crippen LogP contribution >= 0.6 is 0 Å². The van der Waals surface area contributed by atoms with Gasteiger partial charge in [-0.25, -0.2) is 0 Å². The maximum atomic E-state index is 6.56. The predicted molar refractivity (Wildman–Crippen MR) is 181 cm³/mol. The molecular weight excluding hydrogens is 508 g/mol. The zero-order chi connectivity index (χ0) is 28.2. The molecule has 0 saturated carbocycles. The number of para-hydroxylation sites is 2. The van der Waals surface area contributed by atoms with Crippen molar-refractivity contribution in [3.05, 3.63) is 144 Å². The summed E-state index contributed by atoms with van der Waals surface area (Å²) in [6, 6.07) is 43.4. The van der Waals surface area contributed by atoms with Gasteiger partial charge in [-0.05, 0) is 72.9 Å².